The van der Waals surface area contributed by atoms with E-state index in [1.165, 1.54) is 16.5 Å². The molecule has 3 nitrogen and oxygen atoms in total. The average Bonchev–Trinajstić information content (AvgIpc) is 3.01. The molecule has 2 unspecified atom stereocenters. The number of ether oxygens (including phenoxy) is 1. The molecule has 1 aromatic heterocycles. The van der Waals surface area contributed by atoms with E-state index in [9.17, 15) is 0 Å². The van der Waals surface area contributed by atoms with E-state index in [0.29, 0.717) is 6.04 Å². The van der Waals surface area contributed by atoms with Gasteiger partial charge in [0.1, 0.15) is 17.1 Å². The molecule has 0 spiro atoms. The fraction of sp³-hybridized carbons (Fsp3) is 0.333. The fourth-order valence-corrected chi connectivity index (χ4v) is 3.72. The van der Waals surface area contributed by atoms with Gasteiger partial charge in [-0.15, -0.1) is 0 Å². The molecule has 0 fully saturated rings. The number of furan rings is 1. The molecule has 1 aliphatic rings. The van der Waals surface area contributed by atoms with E-state index in [0.717, 1.165) is 36.5 Å². The lowest BCUT2D eigenvalue weighted by molar-refractivity contribution is 0.242. The van der Waals surface area contributed by atoms with E-state index < -0.39 is 0 Å². The van der Waals surface area contributed by atoms with Gasteiger partial charge >= 0.3 is 0 Å². The summed E-state index contributed by atoms with van der Waals surface area (Å²) in [6.45, 7) is 5.13. The lowest BCUT2D eigenvalue weighted by atomic mass is 9.98. The number of benzene rings is 2. The Kier molecular flexibility index (Phi) is 4.03. The van der Waals surface area contributed by atoms with Crippen LogP contribution in [-0.2, 0) is 6.42 Å². The molecule has 0 saturated heterocycles. The van der Waals surface area contributed by atoms with Gasteiger partial charge in [-0.05, 0) is 25.5 Å². The second-order valence-electron chi connectivity index (χ2n) is 6.41. The summed E-state index contributed by atoms with van der Waals surface area (Å²) in [6, 6.07) is 17.1. The highest BCUT2D eigenvalue weighted by Gasteiger charge is 2.25. The Hall–Kier alpha value is -2.26. The molecule has 0 saturated carbocycles. The third-order valence-corrected chi connectivity index (χ3v) is 4.89. The minimum atomic E-state index is 0.156. The van der Waals surface area contributed by atoms with Gasteiger partial charge in [-0.25, -0.2) is 0 Å². The predicted octanol–water partition coefficient (Wildman–Crippen LogP) is 5.17. The first kappa shape index (κ1) is 15.3. The quantitative estimate of drug-likeness (QED) is 0.720. The molecular formula is C21H23NO2. The Bertz CT molecular complexity index is 852. The van der Waals surface area contributed by atoms with Crippen LogP contribution in [0.25, 0.3) is 11.0 Å². The van der Waals surface area contributed by atoms with Crippen molar-refractivity contribution in [2.45, 2.75) is 38.8 Å². The van der Waals surface area contributed by atoms with E-state index in [2.05, 4.69) is 49.5 Å². The highest BCUT2D eigenvalue weighted by atomic mass is 16.5. The summed E-state index contributed by atoms with van der Waals surface area (Å²) >= 11 is 0. The van der Waals surface area contributed by atoms with Crippen molar-refractivity contribution in [1.29, 1.82) is 0 Å². The van der Waals surface area contributed by atoms with Crippen LogP contribution in [0.4, 0.5) is 0 Å². The van der Waals surface area contributed by atoms with E-state index in [-0.39, 0.29) is 6.04 Å². The van der Waals surface area contributed by atoms with Crippen molar-refractivity contribution in [3.8, 4) is 5.75 Å². The zero-order chi connectivity index (χ0) is 16.5. The number of hydrogen-bond acceptors (Lipinski definition) is 3. The van der Waals surface area contributed by atoms with Crippen molar-refractivity contribution >= 4 is 11.0 Å². The molecule has 0 radical (unpaired) electrons. The molecule has 0 amide bonds. The number of rotatable bonds is 4. The summed E-state index contributed by atoms with van der Waals surface area (Å²) < 4.78 is 12.0. The monoisotopic (exact) mass is 321 g/mol. The van der Waals surface area contributed by atoms with Gasteiger partial charge in [-0.3, -0.25) is 0 Å². The van der Waals surface area contributed by atoms with Crippen molar-refractivity contribution in [3.63, 3.8) is 0 Å². The van der Waals surface area contributed by atoms with Gasteiger partial charge in [0.25, 0.3) is 0 Å². The third kappa shape index (κ3) is 2.59. The van der Waals surface area contributed by atoms with Crippen LogP contribution >= 0.6 is 0 Å². The van der Waals surface area contributed by atoms with Gasteiger partial charge in [-0.2, -0.15) is 0 Å². The highest BCUT2D eigenvalue weighted by Crippen LogP contribution is 2.35. The summed E-state index contributed by atoms with van der Waals surface area (Å²) in [7, 11) is 0. The largest absolute Gasteiger partial charge is 0.493 e. The molecule has 2 atom stereocenters. The molecule has 3 heteroatoms. The van der Waals surface area contributed by atoms with Crippen LogP contribution < -0.4 is 10.1 Å². The molecule has 4 rings (SSSR count). The number of nitrogens with one attached hydrogen (secondary N) is 1. The van der Waals surface area contributed by atoms with Crippen molar-refractivity contribution in [1.82, 2.24) is 5.32 Å². The first-order valence-corrected chi connectivity index (χ1v) is 8.76. The number of aryl methyl sites for hydroxylation is 1. The Balaban J connectivity index is 1.65. The second-order valence-corrected chi connectivity index (χ2v) is 6.41. The van der Waals surface area contributed by atoms with Crippen LogP contribution in [0, 0.1) is 0 Å². The molecule has 0 aliphatic carbocycles. The second kappa shape index (κ2) is 6.33. The maximum atomic E-state index is 6.19. The molecule has 2 heterocycles. The summed E-state index contributed by atoms with van der Waals surface area (Å²) in [6.07, 6.45) is 1.95. The van der Waals surface area contributed by atoms with Crippen LogP contribution in [0.5, 0.6) is 5.75 Å². The van der Waals surface area contributed by atoms with Crippen molar-refractivity contribution < 1.29 is 9.15 Å². The average molecular weight is 321 g/mol. The lowest BCUT2D eigenvalue weighted by Gasteiger charge is -2.29. The number of hydrogen-bond donors (Lipinski definition) is 1. The Morgan fingerprint density at radius 2 is 1.92 bits per heavy atom. The summed E-state index contributed by atoms with van der Waals surface area (Å²) in [5, 5.41) is 4.99. The Labute approximate surface area is 142 Å². The van der Waals surface area contributed by atoms with Crippen LogP contribution in [0.15, 0.2) is 52.9 Å². The molecule has 124 valence electrons. The predicted molar refractivity (Wildman–Crippen MR) is 96.4 cm³/mol. The van der Waals surface area contributed by atoms with Gasteiger partial charge < -0.3 is 14.5 Å². The third-order valence-electron chi connectivity index (χ3n) is 4.89. The van der Waals surface area contributed by atoms with Crippen molar-refractivity contribution in [2.24, 2.45) is 0 Å². The van der Waals surface area contributed by atoms with Gasteiger partial charge in [0.15, 0.2) is 0 Å². The van der Waals surface area contributed by atoms with Crippen LogP contribution in [0.1, 0.15) is 49.2 Å². The van der Waals surface area contributed by atoms with Crippen molar-refractivity contribution in [2.75, 3.05) is 6.61 Å². The first-order valence-electron chi connectivity index (χ1n) is 8.76. The number of para-hydroxylation sites is 2. The first-order chi connectivity index (χ1) is 11.8. The SMILES string of the molecule is CCc1c(C(C)NC2CCOc3ccccc32)oc2ccccc12. The smallest absolute Gasteiger partial charge is 0.134 e. The summed E-state index contributed by atoms with van der Waals surface area (Å²) in [4.78, 5) is 0. The summed E-state index contributed by atoms with van der Waals surface area (Å²) in [5.41, 5.74) is 3.53. The zero-order valence-electron chi connectivity index (χ0n) is 14.2. The van der Waals surface area contributed by atoms with Gasteiger partial charge in [0.05, 0.1) is 12.6 Å². The highest BCUT2D eigenvalue weighted by molar-refractivity contribution is 5.82. The van der Waals surface area contributed by atoms with E-state index in [4.69, 9.17) is 9.15 Å². The molecule has 3 aromatic rings. The zero-order valence-corrected chi connectivity index (χ0v) is 14.2. The number of fused-ring (bicyclic) bond motifs is 2. The van der Waals surface area contributed by atoms with Crippen LogP contribution in [0.3, 0.4) is 0 Å². The molecular weight excluding hydrogens is 298 g/mol. The standard InChI is InChI=1S/C21H23NO2/c1-3-15-16-8-4-7-11-20(16)24-21(15)14(2)22-18-12-13-23-19-10-6-5-9-17(18)19/h4-11,14,18,22H,3,12-13H2,1-2H3. The summed E-state index contributed by atoms with van der Waals surface area (Å²) in [5.74, 6) is 2.05. The molecule has 2 aromatic carbocycles. The van der Waals surface area contributed by atoms with Crippen molar-refractivity contribution in [3.05, 3.63) is 65.4 Å². The van der Waals surface area contributed by atoms with Gasteiger partial charge in [0.2, 0.25) is 0 Å². The van der Waals surface area contributed by atoms with Crippen LogP contribution in [0.2, 0.25) is 0 Å². The van der Waals surface area contributed by atoms with Crippen LogP contribution in [-0.4, -0.2) is 6.61 Å². The van der Waals surface area contributed by atoms with E-state index in [1.54, 1.807) is 0 Å². The molecule has 1 N–H and O–H groups in total. The normalized spacial score (nSPS) is 18.2. The fourth-order valence-electron chi connectivity index (χ4n) is 3.72. The lowest BCUT2D eigenvalue weighted by Crippen LogP contribution is -2.29. The molecule has 0 bridgehead atoms. The minimum absolute atomic E-state index is 0.156. The Morgan fingerprint density at radius 1 is 1.12 bits per heavy atom. The maximum Gasteiger partial charge on any atom is 0.134 e. The Morgan fingerprint density at radius 3 is 2.79 bits per heavy atom. The van der Waals surface area contributed by atoms with E-state index >= 15 is 0 Å². The maximum absolute atomic E-state index is 6.19. The minimum Gasteiger partial charge on any atom is -0.493 e. The topological polar surface area (TPSA) is 34.4 Å². The van der Waals surface area contributed by atoms with Gasteiger partial charge in [-0.1, -0.05) is 43.3 Å². The molecule has 1 aliphatic heterocycles. The van der Waals surface area contributed by atoms with Gasteiger partial charge in [0, 0.05) is 29.0 Å². The van der Waals surface area contributed by atoms with E-state index in [1.807, 2.05) is 18.2 Å². The molecule has 24 heavy (non-hydrogen) atoms.